The molecule has 0 bridgehead atoms. The third kappa shape index (κ3) is 2.80. The summed E-state index contributed by atoms with van der Waals surface area (Å²) in [6.45, 7) is 11.3. The van der Waals surface area contributed by atoms with E-state index in [-0.39, 0.29) is 17.3 Å². The number of hydrogen-bond acceptors (Lipinski definition) is 4. The molecule has 4 aliphatic rings. The maximum absolute atomic E-state index is 13.6. The van der Waals surface area contributed by atoms with E-state index < -0.39 is 17.3 Å². The van der Waals surface area contributed by atoms with Gasteiger partial charge in [0, 0.05) is 30.1 Å². The van der Waals surface area contributed by atoms with Crippen LogP contribution in [0.4, 0.5) is 0 Å². The van der Waals surface area contributed by atoms with Gasteiger partial charge < -0.3 is 14.6 Å². The Balaban J connectivity index is 1.67. The Morgan fingerprint density at radius 2 is 1.89 bits per heavy atom. The molecule has 0 radical (unpaired) electrons. The van der Waals surface area contributed by atoms with Crippen molar-refractivity contribution >= 4 is 5.78 Å². The highest BCUT2D eigenvalue weighted by atomic mass is 16.7. The molecule has 1 saturated heterocycles. The number of ether oxygens (including phenoxy) is 2. The quantitative estimate of drug-likeness (QED) is 0.759. The van der Waals surface area contributed by atoms with Gasteiger partial charge >= 0.3 is 0 Å². The molecule has 4 rings (SSSR count). The first-order chi connectivity index (χ1) is 12.9. The second kappa shape index (κ2) is 6.68. The summed E-state index contributed by atoms with van der Waals surface area (Å²) in [5.41, 5.74) is 0.607. The standard InChI is InChI=1S/C23H32O4/c1-4-8-22(9-5-2)15-18(24)19-17(20(22)25)7-6-16-14-23(26-12-13-27-23)11-10-21(16,19)3/h4-6,17-19,24H,1-2,7-15H2,3H3/t17-,18-,19+,21-/m0/s1. The van der Waals surface area contributed by atoms with E-state index in [0.717, 1.165) is 19.3 Å². The Morgan fingerprint density at radius 1 is 1.22 bits per heavy atom. The Hall–Kier alpha value is -1.23. The van der Waals surface area contributed by atoms with Crippen LogP contribution in [0.3, 0.4) is 0 Å². The van der Waals surface area contributed by atoms with Crippen LogP contribution in [0.25, 0.3) is 0 Å². The molecule has 1 N–H and O–H groups in total. The molecule has 1 heterocycles. The lowest BCUT2D eigenvalue weighted by Gasteiger charge is -2.57. The fraction of sp³-hybridized carbons (Fsp3) is 0.696. The molecule has 4 nitrogen and oxygen atoms in total. The van der Waals surface area contributed by atoms with Crippen LogP contribution in [0.2, 0.25) is 0 Å². The fourth-order valence-electron chi connectivity index (χ4n) is 6.47. The number of rotatable bonds is 4. The van der Waals surface area contributed by atoms with E-state index in [4.69, 9.17) is 9.47 Å². The van der Waals surface area contributed by atoms with Gasteiger partial charge in [-0.05, 0) is 37.5 Å². The third-order valence-electron chi connectivity index (χ3n) is 7.76. The minimum atomic E-state index is -0.542. The van der Waals surface area contributed by atoms with Crippen LogP contribution >= 0.6 is 0 Å². The lowest BCUT2D eigenvalue weighted by atomic mass is 9.48. The molecule has 3 aliphatic carbocycles. The number of allylic oxidation sites excluding steroid dienone is 3. The van der Waals surface area contributed by atoms with Crippen molar-refractivity contribution in [3.05, 3.63) is 37.0 Å². The molecule has 3 fully saturated rings. The van der Waals surface area contributed by atoms with Gasteiger partial charge in [0.05, 0.1) is 19.3 Å². The van der Waals surface area contributed by atoms with Crippen molar-refractivity contribution < 1.29 is 19.4 Å². The van der Waals surface area contributed by atoms with Crippen LogP contribution in [-0.4, -0.2) is 36.0 Å². The van der Waals surface area contributed by atoms with Gasteiger partial charge in [0.25, 0.3) is 0 Å². The maximum atomic E-state index is 13.6. The van der Waals surface area contributed by atoms with Crippen molar-refractivity contribution in [2.75, 3.05) is 13.2 Å². The molecule has 1 aliphatic heterocycles. The summed E-state index contributed by atoms with van der Waals surface area (Å²) in [4.78, 5) is 13.6. The molecule has 2 saturated carbocycles. The van der Waals surface area contributed by atoms with Crippen LogP contribution in [0.15, 0.2) is 37.0 Å². The second-order valence-electron chi connectivity index (χ2n) is 9.20. The minimum Gasteiger partial charge on any atom is -0.393 e. The van der Waals surface area contributed by atoms with E-state index in [2.05, 4.69) is 26.2 Å². The summed E-state index contributed by atoms with van der Waals surface area (Å²) in [6, 6.07) is 0. The molecule has 0 unspecified atom stereocenters. The molecule has 0 aromatic carbocycles. The summed E-state index contributed by atoms with van der Waals surface area (Å²) in [7, 11) is 0. The predicted octanol–water partition coefficient (Wildman–Crippen LogP) is 3.95. The first kappa shape index (κ1) is 19.1. The van der Waals surface area contributed by atoms with E-state index in [1.54, 1.807) is 0 Å². The van der Waals surface area contributed by atoms with Crippen molar-refractivity contribution in [2.24, 2.45) is 22.7 Å². The molecule has 4 atom stereocenters. The lowest BCUT2D eigenvalue weighted by molar-refractivity contribution is -0.190. The molecule has 0 aromatic rings. The zero-order valence-corrected chi connectivity index (χ0v) is 16.4. The average Bonchev–Trinajstić information content (AvgIpc) is 3.08. The van der Waals surface area contributed by atoms with Gasteiger partial charge in [0.15, 0.2) is 5.79 Å². The van der Waals surface area contributed by atoms with E-state index in [9.17, 15) is 9.90 Å². The van der Waals surface area contributed by atoms with Crippen molar-refractivity contribution in [2.45, 2.75) is 63.8 Å². The first-order valence-corrected chi connectivity index (χ1v) is 10.3. The summed E-state index contributed by atoms with van der Waals surface area (Å²) in [5.74, 6) is -0.326. The Labute approximate surface area is 162 Å². The lowest BCUT2D eigenvalue weighted by Crippen LogP contribution is -2.58. The van der Waals surface area contributed by atoms with Gasteiger partial charge in [0.2, 0.25) is 0 Å². The van der Waals surface area contributed by atoms with Crippen LogP contribution in [0.5, 0.6) is 0 Å². The maximum Gasteiger partial charge on any atom is 0.172 e. The third-order valence-corrected chi connectivity index (χ3v) is 7.76. The summed E-state index contributed by atoms with van der Waals surface area (Å²) in [6.07, 6.45) is 10.3. The number of carbonyl (C=O) groups excluding carboxylic acids is 1. The minimum absolute atomic E-state index is 0.0218. The second-order valence-corrected chi connectivity index (χ2v) is 9.20. The Morgan fingerprint density at radius 3 is 2.52 bits per heavy atom. The Bertz CT molecular complexity index is 662. The molecular weight excluding hydrogens is 340 g/mol. The number of fused-ring (bicyclic) bond motifs is 3. The van der Waals surface area contributed by atoms with E-state index in [0.29, 0.717) is 44.7 Å². The summed E-state index contributed by atoms with van der Waals surface area (Å²) >= 11 is 0. The van der Waals surface area contributed by atoms with Gasteiger partial charge in [0.1, 0.15) is 5.78 Å². The van der Waals surface area contributed by atoms with Crippen molar-refractivity contribution in [3.63, 3.8) is 0 Å². The monoisotopic (exact) mass is 372 g/mol. The zero-order chi connectivity index (χ0) is 19.3. The van der Waals surface area contributed by atoms with Crippen molar-refractivity contribution in [3.8, 4) is 0 Å². The highest BCUT2D eigenvalue weighted by molar-refractivity contribution is 5.89. The van der Waals surface area contributed by atoms with Crippen LogP contribution in [0, 0.1) is 22.7 Å². The highest BCUT2D eigenvalue weighted by Gasteiger charge is 2.60. The van der Waals surface area contributed by atoms with Crippen LogP contribution < -0.4 is 0 Å². The van der Waals surface area contributed by atoms with E-state index in [1.807, 2.05) is 12.2 Å². The summed E-state index contributed by atoms with van der Waals surface area (Å²) in [5, 5.41) is 11.3. The van der Waals surface area contributed by atoms with E-state index >= 15 is 0 Å². The van der Waals surface area contributed by atoms with Crippen molar-refractivity contribution in [1.82, 2.24) is 0 Å². The SMILES string of the molecule is C=CCC1(CC=C)C[C@H](O)[C@H]2[C@H](CC=C3CC4(CC[C@@]32C)OCCO4)C1=O. The molecular formula is C23H32O4. The predicted molar refractivity (Wildman–Crippen MR) is 104 cm³/mol. The normalized spacial score (nSPS) is 39.4. The number of hydrogen-bond donors (Lipinski definition) is 1. The number of ketones is 1. The van der Waals surface area contributed by atoms with Gasteiger partial charge in [-0.2, -0.15) is 0 Å². The molecule has 0 amide bonds. The highest BCUT2D eigenvalue weighted by Crippen LogP contribution is 2.61. The number of aliphatic hydroxyl groups is 1. The number of aliphatic hydroxyl groups excluding tert-OH is 1. The molecule has 0 aromatic heterocycles. The fourth-order valence-corrected chi connectivity index (χ4v) is 6.47. The van der Waals surface area contributed by atoms with Gasteiger partial charge in [-0.25, -0.2) is 0 Å². The number of carbonyl (C=O) groups is 1. The van der Waals surface area contributed by atoms with Crippen LogP contribution in [-0.2, 0) is 14.3 Å². The number of Topliss-reactive ketones (excluding diaryl/α,β-unsaturated/α-hetero) is 1. The Kier molecular flexibility index (Phi) is 4.73. The average molecular weight is 373 g/mol. The topological polar surface area (TPSA) is 55.8 Å². The van der Waals surface area contributed by atoms with Crippen molar-refractivity contribution in [1.29, 1.82) is 0 Å². The smallest absolute Gasteiger partial charge is 0.172 e. The summed E-state index contributed by atoms with van der Waals surface area (Å²) < 4.78 is 11.9. The largest absolute Gasteiger partial charge is 0.393 e. The van der Waals surface area contributed by atoms with Gasteiger partial charge in [-0.3, -0.25) is 4.79 Å². The molecule has 4 heteroatoms. The first-order valence-electron chi connectivity index (χ1n) is 10.3. The zero-order valence-electron chi connectivity index (χ0n) is 16.4. The van der Waals surface area contributed by atoms with Gasteiger partial charge in [-0.1, -0.05) is 30.7 Å². The van der Waals surface area contributed by atoms with Gasteiger partial charge in [-0.15, -0.1) is 13.2 Å². The molecule has 1 spiro atoms. The molecule has 27 heavy (non-hydrogen) atoms. The molecule has 148 valence electrons. The van der Waals surface area contributed by atoms with E-state index in [1.165, 1.54) is 5.57 Å². The van der Waals surface area contributed by atoms with Crippen LogP contribution in [0.1, 0.15) is 51.9 Å².